The fraction of sp³-hybridized carbons (Fsp3) is 0. The minimum absolute atomic E-state index is 0.925. The normalized spacial score (nSPS) is 11.8. The molecule has 5 aromatic carbocycles. The van der Waals surface area contributed by atoms with Gasteiger partial charge in [0.25, 0.3) is 0 Å². The number of hydrogen-bond acceptors (Lipinski definition) is 2. The topological polar surface area (TPSA) is 35.1 Å². The predicted octanol–water partition coefficient (Wildman–Crippen LogP) is 9.47. The zero-order valence-electron chi connectivity index (χ0n) is 22.6. The highest BCUT2D eigenvalue weighted by Crippen LogP contribution is 2.41. The predicted molar refractivity (Wildman–Crippen MR) is 173 cm³/mol. The summed E-state index contributed by atoms with van der Waals surface area (Å²) in [5.41, 5.74) is 12.1. The second-order valence-electron chi connectivity index (χ2n) is 10.7. The van der Waals surface area contributed by atoms with Gasteiger partial charge in [-0.3, -0.25) is 14.0 Å². The minimum atomic E-state index is 0.925. The van der Waals surface area contributed by atoms with Gasteiger partial charge in [-0.15, -0.1) is 0 Å². The molecule has 0 radical (unpaired) electrons. The molecular weight excluding hydrogens is 512 g/mol. The van der Waals surface area contributed by atoms with Gasteiger partial charge in [0.2, 0.25) is 0 Å². The minimum Gasteiger partial charge on any atom is -0.293 e. The Morgan fingerprint density at radius 2 is 1.21 bits per heavy atom. The van der Waals surface area contributed by atoms with Crippen molar-refractivity contribution < 1.29 is 0 Å². The van der Waals surface area contributed by atoms with Crippen LogP contribution >= 0.6 is 0 Å². The van der Waals surface area contributed by atoms with Gasteiger partial charge in [0, 0.05) is 39.2 Å². The van der Waals surface area contributed by atoms with Crippen LogP contribution in [0, 0.1) is 0 Å². The van der Waals surface area contributed by atoms with Gasteiger partial charge < -0.3 is 0 Å². The lowest BCUT2D eigenvalue weighted by Crippen LogP contribution is -1.96. The molecule has 0 unspecified atom stereocenters. The molecule has 0 spiro atoms. The third-order valence-corrected chi connectivity index (χ3v) is 8.32. The van der Waals surface area contributed by atoms with Gasteiger partial charge >= 0.3 is 0 Å². The maximum atomic E-state index is 5.14. The summed E-state index contributed by atoms with van der Waals surface area (Å²) in [4.78, 5) is 9.80. The smallest absolute Gasteiger partial charge is 0.131 e. The van der Waals surface area contributed by atoms with E-state index in [-0.39, 0.29) is 0 Å². The van der Waals surface area contributed by atoms with Crippen LogP contribution in [0.4, 0.5) is 0 Å². The molecule has 0 saturated heterocycles. The number of aromatic nitrogens is 4. The summed E-state index contributed by atoms with van der Waals surface area (Å²) in [6.07, 6.45) is 1.84. The van der Waals surface area contributed by atoms with Crippen molar-refractivity contribution in [2.75, 3.05) is 0 Å². The molecule has 4 nitrogen and oxygen atoms in total. The van der Waals surface area contributed by atoms with Crippen molar-refractivity contribution in [2.24, 2.45) is 0 Å². The monoisotopic (exact) mass is 536 g/mol. The first kappa shape index (κ1) is 23.0. The summed E-state index contributed by atoms with van der Waals surface area (Å²) < 4.78 is 4.81. The zero-order chi connectivity index (χ0) is 27.6. The van der Waals surface area contributed by atoms with E-state index < -0.39 is 0 Å². The van der Waals surface area contributed by atoms with Crippen molar-refractivity contribution >= 4 is 49.4 Å². The third-order valence-electron chi connectivity index (χ3n) is 8.32. The summed E-state index contributed by atoms with van der Waals surface area (Å²) in [6.45, 7) is 0. The summed E-state index contributed by atoms with van der Waals surface area (Å²) in [6, 6.07) is 49.4. The van der Waals surface area contributed by atoms with E-state index in [0.29, 0.717) is 0 Å². The lowest BCUT2D eigenvalue weighted by atomic mass is 10.0. The number of nitrogens with zero attached hydrogens (tertiary/aromatic N) is 4. The third kappa shape index (κ3) is 3.29. The highest BCUT2D eigenvalue weighted by atomic mass is 15.1. The van der Waals surface area contributed by atoms with Gasteiger partial charge in [-0.2, -0.15) is 0 Å². The molecule has 0 bridgehead atoms. The highest BCUT2D eigenvalue weighted by Gasteiger charge is 2.22. The number of para-hydroxylation sites is 3. The molecule has 4 heteroatoms. The number of pyridine rings is 2. The maximum Gasteiger partial charge on any atom is 0.131 e. The number of benzene rings is 5. The first-order chi connectivity index (χ1) is 20.8. The van der Waals surface area contributed by atoms with Crippen LogP contribution in [0.1, 0.15) is 0 Å². The number of imidazole rings is 1. The average molecular weight is 537 g/mol. The lowest BCUT2D eigenvalue weighted by Gasteiger charge is -2.11. The zero-order valence-corrected chi connectivity index (χ0v) is 22.6. The first-order valence-corrected chi connectivity index (χ1v) is 14.2. The van der Waals surface area contributed by atoms with Gasteiger partial charge in [-0.05, 0) is 48.0 Å². The van der Waals surface area contributed by atoms with Crippen molar-refractivity contribution in [3.63, 3.8) is 0 Å². The Morgan fingerprint density at radius 1 is 0.500 bits per heavy atom. The van der Waals surface area contributed by atoms with Gasteiger partial charge in [-0.1, -0.05) is 97.1 Å². The molecule has 0 fully saturated rings. The molecule has 0 aliphatic rings. The van der Waals surface area contributed by atoms with Crippen LogP contribution in [0.3, 0.4) is 0 Å². The van der Waals surface area contributed by atoms with E-state index in [0.717, 1.165) is 49.9 Å². The van der Waals surface area contributed by atoms with Crippen molar-refractivity contribution in [1.82, 2.24) is 18.9 Å². The number of hydrogen-bond donors (Lipinski definition) is 0. The maximum absolute atomic E-state index is 5.14. The Morgan fingerprint density at radius 3 is 2.10 bits per heavy atom. The lowest BCUT2D eigenvalue weighted by molar-refractivity contribution is 1.15. The molecular formula is C38H24N4. The van der Waals surface area contributed by atoms with Crippen LogP contribution < -0.4 is 0 Å². The number of rotatable bonds is 3. The second-order valence-corrected chi connectivity index (χ2v) is 10.7. The molecule has 0 amide bonds. The van der Waals surface area contributed by atoms with Gasteiger partial charge in [0.1, 0.15) is 5.65 Å². The number of fused-ring (bicyclic) bond motifs is 8. The second kappa shape index (κ2) is 8.88. The van der Waals surface area contributed by atoms with E-state index in [4.69, 9.17) is 4.98 Å². The molecule has 0 atom stereocenters. The fourth-order valence-corrected chi connectivity index (χ4v) is 6.48. The molecule has 9 aromatic rings. The van der Waals surface area contributed by atoms with Crippen LogP contribution in [0.15, 0.2) is 146 Å². The summed E-state index contributed by atoms with van der Waals surface area (Å²) in [5.74, 6) is 0. The Labute approximate surface area is 241 Å². The molecule has 0 N–H and O–H groups in total. The van der Waals surface area contributed by atoms with Crippen molar-refractivity contribution in [3.8, 4) is 28.1 Å². The van der Waals surface area contributed by atoms with E-state index in [2.05, 4.69) is 147 Å². The van der Waals surface area contributed by atoms with Crippen LogP contribution in [-0.2, 0) is 0 Å². The molecule has 4 heterocycles. The van der Waals surface area contributed by atoms with Crippen molar-refractivity contribution in [1.29, 1.82) is 0 Å². The molecule has 0 saturated carbocycles. The molecule has 0 aliphatic heterocycles. The van der Waals surface area contributed by atoms with Crippen LogP contribution in [0.2, 0.25) is 0 Å². The molecule has 4 aromatic heterocycles. The van der Waals surface area contributed by atoms with Gasteiger partial charge in [0.05, 0.1) is 33.3 Å². The van der Waals surface area contributed by atoms with E-state index >= 15 is 0 Å². The van der Waals surface area contributed by atoms with Gasteiger partial charge in [-0.25, -0.2) is 4.98 Å². The largest absolute Gasteiger partial charge is 0.293 e. The van der Waals surface area contributed by atoms with E-state index in [1.165, 1.54) is 27.5 Å². The standard InChI is InChI=1S/C38H24N4/c1-2-10-25(11-3-1)35-30-15-4-5-16-32(30)42-34-18-7-6-17-33(34)41(38(35)42)29-14-8-12-28(24-29)31-22-21-27-20-19-26-13-9-23-39-36(26)37(27)40-31/h1-24H. The Kier molecular flexibility index (Phi) is 4.87. The van der Waals surface area contributed by atoms with Crippen LogP contribution in [0.5, 0.6) is 0 Å². The summed E-state index contributed by atoms with van der Waals surface area (Å²) >= 11 is 0. The highest BCUT2D eigenvalue weighted by molar-refractivity contribution is 6.09. The van der Waals surface area contributed by atoms with Crippen LogP contribution in [-0.4, -0.2) is 18.9 Å². The quantitative estimate of drug-likeness (QED) is 0.211. The molecule has 0 aliphatic carbocycles. The molecule has 42 heavy (non-hydrogen) atoms. The van der Waals surface area contributed by atoms with Gasteiger partial charge in [0.15, 0.2) is 0 Å². The molecule has 196 valence electrons. The summed E-state index contributed by atoms with van der Waals surface area (Å²) in [5, 5.41) is 3.43. The SMILES string of the molecule is c1ccc(-c2c3ccccc3n3c4ccccc4n(-c4cccc(-c5ccc6ccc7cccnc7c6n5)c4)c23)cc1. The van der Waals surface area contributed by atoms with E-state index in [1.807, 2.05) is 12.3 Å². The Balaban J connectivity index is 1.34. The van der Waals surface area contributed by atoms with Crippen molar-refractivity contribution in [3.05, 3.63) is 146 Å². The summed E-state index contributed by atoms with van der Waals surface area (Å²) in [7, 11) is 0. The Hall–Kier alpha value is -5.74. The van der Waals surface area contributed by atoms with Crippen molar-refractivity contribution in [2.45, 2.75) is 0 Å². The van der Waals surface area contributed by atoms with Crippen LogP contribution in [0.25, 0.3) is 77.5 Å². The molecule has 9 rings (SSSR count). The van der Waals surface area contributed by atoms with E-state index in [1.54, 1.807) is 0 Å². The van der Waals surface area contributed by atoms with E-state index in [9.17, 15) is 0 Å². The first-order valence-electron chi connectivity index (χ1n) is 14.2. The Bertz CT molecular complexity index is 2470. The average Bonchev–Trinajstić information content (AvgIpc) is 3.57. The fourth-order valence-electron chi connectivity index (χ4n) is 6.48.